The Kier molecular flexibility index (Phi) is 3.97. The summed E-state index contributed by atoms with van der Waals surface area (Å²) in [7, 11) is 0. The van der Waals surface area contributed by atoms with E-state index in [1.165, 1.54) is 10.6 Å². The van der Waals surface area contributed by atoms with Crippen LogP contribution in [0.25, 0.3) is 11.0 Å². The number of rotatable bonds is 4. The Morgan fingerprint density at radius 1 is 1.33 bits per heavy atom. The summed E-state index contributed by atoms with van der Waals surface area (Å²) in [4.78, 5) is 38.0. The maximum Gasteiger partial charge on any atom is 0.337 e. The van der Waals surface area contributed by atoms with E-state index in [1.54, 1.807) is 12.1 Å². The molecule has 1 aromatic carbocycles. The molecule has 0 saturated heterocycles. The molecule has 2 aromatic rings. The summed E-state index contributed by atoms with van der Waals surface area (Å²) in [6.45, 7) is 5.79. The van der Waals surface area contributed by atoms with Gasteiger partial charge in [0.2, 0.25) is 0 Å². The number of fused-ring (bicyclic) bond motifs is 1. The fraction of sp³-hybridized carbons (Fsp3) is 0.400. The molecule has 21 heavy (non-hydrogen) atoms. The number of aromatic amines is 1. The average molecular weight is 290 g/mol. The smallest absolute Gasteiger partial charge is 0.337 e. The van der Waals surface area contributed by atoms with Crippen molar-refractivity contribution >= 4 is 17.0 Å². The quantitative estimate of drug-likeness (QED) is 0.842. The SMILES string of the molecule is CCC(C(C)C)n1c(=O)c(=O)[nH]c2cccc(C(=O)O)c21. The Morgan fingerprint density at radius 3 is 2.52 bits per heavy atom. The molecule has 0 aliphatic rings. The first kappa shape index (κ1) is 15.0. The van der Waals surface area contributed by atoms with Gasteiger partial charge in [-0.1, -0.05) is 26.8 Å². The highest BCUT2D eigenvalue weighted by Gasteiger charge is 2.22. The van der Waals surface area contributed by atoms with Crippen molar-refractivity contribution in [1.29, 1.82) is 0 Å². The molecule has 0 bridgehead atoms. The highest BCUT2D eigenvalue weighted by atomic mass is 16.4. The predicted molar refractivity (Wildman–Crippen MR) is 80.0 cm³/mol. The van der Waals surface area contributed by atoms with E-state index in [4.69, 9.17) is 0 Å². The molecule has 0 aliphatic heterocycles. The second-order valence-electron chi connectivity index (χ2n) is 5.36. The average Bonchev–Trinajstić information content (AvgIpc) is 2.42. The summed E-state index contributed by atoms with van der Waals surface area (Å²) in [5, 5.41) is 9.35. The second-order valence-corrected chi connectivity index (χ2v) is 5.36. The first-order valence-electron chi connectivity index (χ1n) is 6.89. The van der Waals surface area contributed by atoms with Gasteiger partial charge in [0, 0.05) is 6.04 Å². The number of aromatic carboxylic acids is 1. The molecule has 1 atom stereocenters. The maximum atomic E-state index is 12.3. The van der Waals surface area contributed by atoms with Crippen LogP contribution in [0.1, 0.15) is 43.6 Å². The maximum absolute atomic E-state index is 12.3. The van der Waals surface area contributed by atoms with Crippen molar-refractivity contribution < 1.29 is 9.90 Å². The van der Waals surface area contributed by atoms with E-state index in [2.05, 4.69) is 4.98 Å². The van der Waals surface area contributed by atoms with Crippen LogP contribution in [0.4, 0.5) is 0 Å². The van der Waals surface area contributed by atoms with Gasteiger partial charge in [-0.3, -0.25) is 14.2 Å². The van der Waals surface area contributed by atoms with E-state index >= 15 is 0 Å². The van der Waals surface area contributed by atoms with Crippen molar-refractivity contribution in [1.82, 2.24) is 9.55 Å². The third-order valence-corrected chi connectivity index (χ3v) is 3.69. The second kappa shape index (κ2) is 5.55. The molecule has 1 unspecified atom stereocenters. The van der Waals surface area contributed by atoms with Gasteiger partial charge in [-0.15, -0.1) is 0 Å². The summed E-state index contributed by atoms with van der Waals surface area (Å²) in [5.41, 5.74) is -0.797. The van der Waals surface area contributed by atoms with Crippen LogP contribution in [-0.2, 0) is 0 Å². The van der Waals surface area contributed by atoms with Gasteiger partial charge < -0.3 is 10.1 Å². The number of para-hydroxylation sites is 1. The summed E-state index contributed by atoms with van der Waals surface area (Å²) < 4.78 is 1.34. The van der Waals surface area contributed by atoms with E-state index in [0.29, 0.717) is 11.9 Å². The van der Waals surface area contributed by atoms with Gasteiger partial charge in [0.15, 0.2) is 0 Å². The number of nitrogens with zero attached hydrogens (tertiary/aromatic N) is 1. The van der Waals surface area contributed by atoms with Gasteiger partial charge in [0.25, 0.3) is 0 Å². The van der Waals surface area contributed by atoms with E-state index < -0.39 is 17.1 Å². The Balaban J connectivity index is 3.02. The molecule has 112 valence electrons. The number of carboxylic acid groups (broad SMARTS) is 1. The lowest BCUT2D eigenvalue weighted by molar-refractivity contribution is 0.0698. The highest BCUT2D eigenvalue weighted by Crippen LogP contribution is 2.25. The number of benzene rings is 1. The number of carboxylic acids is 1. The number of hydrogen-bond acceptors (Lipinski definition) is 3. The molecule has 0 spiro atoms. The minimum absolute atomic E-state index is 0.0138. The van der Waals surface area contributed by atoms with Gasteiger partial charge in [-0.05, 0) is 24.5 Å². The summed E-state index contributed by atoms with van der Waals surface area (Å²) in [5.74, 6) is -1.03. The molecule has 6 heteroatoms. The minimum atomic E-state index is -1.13. The van der Waals surface area contributed by atoms with Gasteiger partial charge in [0.05, 0.1) is 16.6 Å². The normalized spacial score (nSPS) is 12.8. The molecular weight excluding hydrogens is 272 g/mol. The molecule has 0 saturated carbocycles. The molecule has 0 amide bonds. The Morgan fingerprint density at radius 2 is 2.00 bits per heavy atom. The first-order chi connectivity index (χ1) is 9.88. The van der Waals surface area contributed by atoms with Gasteiger partial charge >= 0.3 is 17.1 Å². The van der Waals surface area contributed by atoms with Crippen molar-refractivity contribution in [2.75, 3.05) is 0 Å². The van der Waals surface area contributed by atoms with Crippen LogP contribution in [0.3, 0.4) is 0 Å². The molecule has 1 aromatic heterocycles. The summed E-state index contributed by atoms with van der Waals surface area (Å²) >= 11 is 0. The van der Waals surface area contributed by atoms with Crippen molar-refractivity contribution in [2.45, 2.75) is 33.2 Å². The zero-order chi connectivity index (χ0) is 15.7. The van der Waals surface area contributed by atoms with Crippen LogP contribution in [0.15, 0.2) is 27.8 Å². The highest BCUT2D eigenvalue weighted by molar-refractivity contribution is 6.00. The van der Waals surface area contributed by atoms with Crippen molar-refractivity contribution in [3.05, 3.63) is 44.5 Å². The van der Waals surface area contributed by atoms with Crippen LogP contribution in [0, 0.1) is 5.92 Å². The van der Waals surface area contributed by atoms with Gasteiger partial charge in [-0.2, -0.15) is 0 Å². The molecule has 2 N–H and O–H groups in total. The van der Waals surface area contributed by atoms with Gasteiger partial charge in [0.1, 0.15) is 0 Å². The van der Waals surface area contributed by atoms with Crippen LogP contribution < -0.4 is 11.1 Å². The lowest BCUT2D eigenvalue weighted by Gasteiger charge is -2.24. The zero-order valence-corrected chi connectivity index (χ0v) is 12.2. The molecule has 0 radical (unpaired) electrons. The number of H-pyrrole nitrogens is 1. The first-order valence-corrected chi connectivity index (χ1v) is 6.89. The molecule has 0 aliphatic carbocycles. The van der Waals surface area contributed by atoms with E-state index in [9.17, 15) is 19.5 Å². The topological polar surface area (TPSA) is 92.2 Å². The fourth-order valence-corrected chi connectivity index (χ4v) is 2.73. The third-order valence-electron chi connectivity index (χ3n) is 3.69. The Bertz CT molecular complexity index is 801. The lowest BCUT2D eigenvalue weighted by Crippen LogP contribution is -2.40. The number of nitrogens with one attached hydrogen (secondary N) is 1. The number of hydrogen-bond donors (Lipinski definition) is 2. The molecule has 1 heterocycles. The van der Waals surface area contributed by atoms with E-state index in [1.807, 2.05) is 20.8 Å². The van der Waals surface area contributed by atoms with E-state index in [0.717, 1.165) is 0 Å². The fourth-order valence-electron chi connectivity index (χ4n) is 2.73. The third kappa shape index (κ3) is 2.49. The largest absolute Gasteiger partial charge is 0.478 e. The van der Waals surface area contributed by atoms with Gasteiger partial charge in [-0.25, -0.2) is 4.79 Å². The summed E-state index contributed by atoms with van der Waals surface area (Å²) in [6.07, 6.45) is 0.629. The van der Waals surface area contributed by atoms with Crippen molar-refractivity contribution in [2.24, 2.45) is 5.92 Å². The van der Waals surface area contributed by atoms with E-state index in [-0.39, 0.29) is 23.0 Å². The lowest BCUT2D eigenvalue weighted by atomic mass is 10.0. The molecule has 0 fully saturated rings. The number of aromatic nitrogens is 2. The van der Waals surface area contributed by atoms with Crippen LogP contribution in [0.5, 0.6) is 0 Å². The summed E-state index contributed by atoms with van der Waals surface area (Å²) in [6, 6.07) is 4.35. The molecule has 6 nitrogen and oxygen atoms in total. The Hall–Kier alpha value is -2.37. The Labute approximate surface area is 121 Å². The molecule has 2 rings (SSSR count). The van der Waals surface area contributed by atoms with Crippen LogP contribution in [-0.4, -0.2) is 20.6 Å². The zero-order valence-electron chi connectivity index (χ0n) is 12.2. The predicted octanol–water partition coefficient (Wildman–Crippen LogP) is 2.00. The van der Waals surface area contributed by atoms with Crippen molar-refractivity contribution in [3.63, 3.8) is 0 Å². The minimum Gasteiger partial charge on any atom is -0.478 e. The van der Waals surface area contributed by atoms with Crippen LogP contribution in [0.2, 0.25) is 0 Å². The standard InChI is InChI=1S/C15H18N2O4/c1-4-11(8(2)3)17-12-9(15(20)21)6-5-7-10(12)16-13(18)14(17)19/h5-8,11H,4H2,1-3H3,(H,16,18)(H,20,21). The monoisotopic (exact) mass is 290 g/mol. The van der Waals surface area contributed by atoms with Crippen molar-refractivity contribution in [3.8, 4) is 0 Å². The van der Waals surface area contributed by atoms with Crippen LogP contribution >= 0.6 is 0 Å². The molecular formula is C15H18N2O4. The number of carbonyl (C=O) groups is 1.